The van der Waals surface area contributed by atoms with Crippen LogP contribution in [-0.2, 0) is 14.8 Å². The van der Waals surface area contributed by atoms with E-state index in [1.165, 1.54) is 26.2 Å². The van der Waals surface area contributed by atoms with Crippen LogP contribution in [0.3, 0.4) is 0 Å². The lowest BCUT2D eigenvalue weighted by molar-refractivity contribution is -0.121. The molecule has 0 bridgehead atoms. The maximum atomic E-state index is 12.1. The standard InChI is InChI=1S/C14H23N5O3S2/c1-18(2)9-8-13(20)16-17-14(23)15-11-6-5-7-12(10-11)24(21,22)19(3)4/h5-7,10H,8-9H2,1-4H3,(H,16,20)(H2,15,17,23). The molecule has 0 atom stereocenters. The zero-order valence-corrected chi connectivity index (χ0v) is 15.8. The second-order valence-electron chi connectivity index (χ2n) is 5.50. The van der Waals surface area contributed by atoms with E-state index in [0.717, 1.165) is 4.31 Å². The molecule has 1 aromatic carbocycles. The SMILES string of the molecule is CN(C)CCC(=O)NNC(=S)Nc1cccc(S(=O)(=O)N(C)C)c1. The molecule has 1 rings (SSSR count). The molecule has 134 valence electrons. The monoisotopic (exact) mass is 373 g/mol. The van der Waals surface area contributed by atoms with E-state index in [1.807, 2.05) is 19.0 Å². The number of sulfonamides is 1. The van der Waals surface area contributed by atoms with E-state index in [1.54, 1.807) is 12.1 Å². The molecule has 3 N–H and O–H groups in total. The highest BCUT2D eigenvalue weighted by atomic mass is 32.2. The number of amides is 1. The summed E-state index contributed by atoms with van der Waals surface area (Å²) in [5.41, 5.74) is 5.55. The molecule has 0 heterocycles. The first-order chi connectivity index (χ1) is 11.1. The highest BCUT2D eigenvalue weighted by molar-refractivity contribution is 7.89. The van der Waals surface area contributed by atoms with Crippen molar-refractivity contribution in [2.24, 2.45) is 0 Å². The smallest absolute Gasteiger partial charge is 0.242 e. The van der Waals surface area contributed by atoms with Gasteiger partial charge in [-0.25, -0.2) is 12.7 Å². The molecular formula is C14H23N5O3S2. The number of carbonyl (C=O) groups excluding carboxylic acids is 1. The molecule has 0 aromatic heterocycles. The molecule has 0 aliphatic rings. The van der Waals surface area contributed by atoms with E-state index in [-0.39, 0.29) is 15.9 Å². The number of hydrazine groups is 1. The predicted octanol–water partition coefficient (Wildman–Crippen LogP) is 0.206. The average Bonchev–Trinajstić information content (AvgIpc) is 2.51. The Kier molecular flexibility index (Phi) is 7.55. The molecule has 1 amide bonds. The number of carbonyl (C=O) groups is 1. The number of hydrogen-bond acceptors (Lipinski definition) is 5. The summed E-state index contributed by atoms with van der Waals surface area (Å²) in [4.78, 5) is 13.6. The van der Waals surface area contributed by atoms with Gasteiger partial charge in [0.2, 0.25) is 15.9 Å². The van der Waals surface area contributed by atoms with E-state index < -0.39 is 10.0 Å². The van der Waals surface area contributed by atoms with Gasteiger partial charge in [0.15, 0.2) is 5.11 Å². The third-order valence-electron chi connectivity index (χ3n) is 2.97. The minimum atomic E-state index is -3.52. The normalized spacial score (nSPS) is 11.4. The summed E-state index contributed by atoms with van der Waals surface area (Å²) < 4.78 is 25.3. The van der Waals surface area contributed by atoms with Crippen molar-refractivity contribution in [3.05, 3.63) is 24.3 Å². The molecule has 0 saturated heterocycles. The van der Waals surface area contributed by atoms with Crippen molar-refractivity contribution in [2.45, 2.75) is 11.3 Å². The van der Waals surface area contributed by atoms with Crippen LogP contribution < -0.4 is 16.2 Å². The second-order valence-corrected chi connectivity index (χ2v) is 8.06. The van der Waals surface area contributed by atoms with E-state index in [2.05, 4.69) is 16.2 Å². The number of rotatable bonds is 6. The molecule has 0 saturated carbocycles. The number of nitrogens with zero attached hydrogens (tertiary/aromatic N) is 2. The average molecular weight is 374 g/mol. The summed E-state index contributed by atoms with van der Waals surface area (Å²) in [7, 11) is 3.16. The van der Waals surface area contributed by atoms with Gasteiger partial charge < -0.3 is 10.2 Å². The first-order valence-corrected chi connectivity index (χ1v) is 9.01. The van der Waals surface area contributed by atoms with Gasteiger partial charge in [-0.2, -0.15) is 0 Å². The molecule has 0 aliphatic heterocycles. The first kappa shape index (κ1) is 20.3. The van der Waals surface area contributed by atoms with E-state index in [9.17, 15) is 13.2 Å². The highest BCUT2D eigenvalue weighted by Crippen LogP contribution is 2.17. The quantitative estimate of drug-likeness (QED) is 0.485. The Labute approximate surface area is 148 Å². The van der Waals surface area contributed by atoms with E-state index >= 15 is 0 Å². The fourth-order valence-electron chi connectivity index (χ4n) is 1.62. The zero-order valence-electron chi connectivity index (χ0n) is 14.2. The molecular weight excluding hydrogens is 350 g/mol. The lowest BCUT2D eigenvalue weighted by Gasteiger charge is -2.15. The lowest BCUT2D eigenvalue weighted by Crippen LogP contribution is -2.44. The van der Waals surface area contributed by atoms with Gasteiger partial charge in [0.05, 0.1) is 4.90 Å². The van der Waals surface area contributed by atoms with Crippen molar-refractivity contribution in [2.75, 3.05) is 40.1 Å². The van der Waals surface area contributed by atoms with Crippen molar-refractivity contribution in [3.8, 4) is 0 Å². The van der Waals surface area contributed by atoms with Crippen molar-refractivity contribution >= 4 is 38.9 Å². The van der Waals surface area contributed by atoms with Gasteiger partial charge in [-0.3, -0.25) is 15.6 Å². The third-order valence-corrected chi connectivity index (χ3v) is 4.99. The van der Waals surface area contributed by atoms with Gasteiger partial charge in [0, 0.05) is 32.7 Å². The fourth-order valence-corrected chi connectivity index (χ4v) is 2.74. The number of anilines is 1. The van der Waals surface area contributed by atoms with Gasteiger partial charge in [-0.1, -0.05) is 6.07 Å². The summed E-state index contributed by atoms with van der Waals surface area (Å²) in [6, 6.07) is 6.25. The van der Waals surface area contributed by atoms with Gasteiger partial charge >= 0.3 is 0 Å². The van der Waals surface area contributed by atoms with Crippen molar-refractivity contribution in [1.29, 1.82) is 0 Å². The Bertz CT molecular complexity index is 689. The zero-order chi connectivity index (χ0) is 18.3. The van der Waals surface area contributed by atoms with Crippen LogP contribution in [0.25, 0.3) is 0 Å². The molecule has 0 aliphatic carbocycles. The van der Waals surface area contributed by atoms with Gasteiger partial charge in [0.1, 0.15) is 0 Å². The number of benzene rings is 1. The Morgan fingerprint density at radius 2 is 1.83 bits per heavy atom. The fraction of sp³-hybridized carbons (Fsp3) is 0.429. The first-order valence-electron chi connectivity index (χ1n) is 7.16. The summed E-state index contributed by atoms with van der Waals surface area (Å²) in [6.07, 6.45) is 0.333. The molecule has 0 fully saturated rings. The summed E-state index contributed by atoms with van der Waals surface area (Å²) in [6.45, 7) is 0.623. The van der Waals surface area contributed by atoms with Gasteiger partial charge in [0.25, 0.3) is 0 Å². The number of nitrogens with one attached hydrogen (secondary N) is 3. The maximum Gasteiger partial charge on any atom is 0.242 e. The minimum absolute atomic E-state index is 0.148. The Hall–Kier alpha value is -1.75. The summed E-state index contributed by atoms with van der Waals surface area (Å²) >= 11 is 5.07. The van der Waals surface area contributed by atoms with Crippen LogP contribution in [0.2, 0.25) is 0 Å². The Balaban J connectivity index is 2.61. The summed E-state index contributed by atoms with van der Waals surface area (Å²) in [5.74, 6) is -0.197. The van der Waals surface area contributed by atoms with Gasteiger partial charge in [-0.05, 0) is 44.5 Å². The topological polar surface area (TPSA) is 93.8 Å². The van der Waals surface area contributed by atoms with Crippen LogP contribution in [-0.4, -0.2) is 63.4 Å². The molecule has 1 aromatic rings. The third kappa shape index (κ3) is 6.40. The van der Waals surface area contributed by atoms with Crippen LogP contribution in [0.4, 0.5) is 5.69 Å². The minimum Gasteiger partial charge on any atom is -0.331 e. The van der Waals surface area contributed by atoms with Crippen molar-refractivity contribution in [1.82, 2.24) is 20.1 Å². The maximum absolute atomic E-state index is 12.1. The van der Waals surface area contributed by atoms with Crippen LogP contribution in [0.5, 0.6) is 0 Å². The number of thiocarbonyl (C=S) groups is 1. The Morgan fingerprint density at radius 1 is 1.17 bits per heavy atom. The Morgan fingerprint density at radius 3 is 2.42 bits per heavy atom. The van der Waals surface area contributed by atoms with Crippen molar-refractivity contribution < 1.29 is 13.2 Å². The molecule has 8 nitrogen and oxygen atoms in total. The van der Waals surface area contributed by atoms with Crippen LogP contribution >= 0.6 is 12.2 Å². The molecule has 0 spiro atoms. The predicted molar refractivity (Wildman–Crippen MR) is 98.0 cm³/mol. The van der Waals surface area contributed by atoms with E-state index in [4.69, 9.17) is 12.2 Å². The molecule has 24 heavy (non-hydrogen) atoms. The van der Waals surface area contributed by atoms with Crippen LogP contribution in [0.15, 0.2) is 29.2 Å². The molecule has 0 radical (unpaired) electrons. The van der Waals surface area contributed by atoms with Gasteiger partial charge in [-0.15, -0.1) is 0 Å². The van der Waals surface area contributed by atoms with E-state index in [0.29, 0.717) is 18.7 Å². The second kappa shape index (κ2) is 8.92. The highest BCUT2D eigenvalue weighted by Gasteiger charge is 2.17. The largest absolute Gasteiger partial charge is 0.331 e. The lowest BCUT2D eigenvalue weighted by atomic mass is 10.3. The van der Waals surface area contributed by atoms with Crippen molar-refractivity contribution in [3.63, 3.8) is 0 Å². The molecule has 0 unspecified atom stereocenters. The number of hydrogen-bond donors (Lipinski definition) is 3. The van der Waals surface area contributed by atoms with Crippen LogP contribution in [0, 0.1) is 0 Å². The summed E-state index contributed by atoms with van der Waals surface area (Å²) in [5, 5.41) is 2.99. The van der Waals surface area contributed by atoms with Crippen LogP contribution in [0.1, 0.15) is 6.42 Å². The molecule has 10 heteroatoms.